The highest BCUT2D eigenvalue weighted by Gasteiger charge is 2.37. The summed E-state index contributed by atoms with van der Waals surface area (Å²) in [6.07, 6.45) is -1.78. The molecule has 0 saturated carbocycles. The van der Waals surface area contributed by atoms with Crippen LogP contribution in [0.15, 0.2) is 47.0 Å². The highest BCUT2D eigenvalue weighted by molar-refractivity contribution is 5.72. The van der Waals surface area contributed by atoms with Gasteiger partial charge in [0.15, 0.2) is 0 Å². The molecule has 1 aliphatic heterocycles. The maximum Gasteiger partial charge on any atom is 0.418 e. The molecule has 39 heavy (non-hydrogen) atoms. The van der Waals surface area contributed by atoms with Crippen LogP contribution in [0.1, 0.15) is 58.1 Å². The van der Waals surface area contributed by atoms with Crippen molar-refractivity contribution < 1.29 is 27.2 Å². The van der Waals surface area contributed by atoms with E-state index in [9.17, 15) is 18.0 Å². The number of likely N-dealkylation sites (N-methyl/N-ethyl adjacent to an activating group) is 1. The third kappa shape index (κ3) is 7.38. The van der Waals surface area contributed by atoms with E-state index in [1.54, 1.807) is 12.1 Å². The van der Waals surface area contributed by atoms with Crippen LogP contribution in [0, 0.1) is 0 Å². The zero-order valence-corrected chi connectivity index (χ0v) is 23.0. The second kappa shape index (κ2) is 11.4. The molecular formula is C29H35F3N4O3. The normalized spacial score (nSPS) is 16.5. The van der Waals surface area contributed by atoms with E-state index in [0.29, 0.717) is 18.7 Å². The zero-order valence-electron chi connectivity index (χ0n) is 23.0. The van der Waals surface area contributed by atoms with Crippen LogP contribution >= 0.6 is 0 Å². The molecule has 1 aliphatic rings. The number of carbonyl (C=O) groups excluding carboxylic acids is 1. The van der Waals surface area contributed by atoms with Gasteiger partial charge in [0, 0.05) is 35.9 Å². The Hall–Kier alpha value is -3.40. The molecule has 1 atom stereocenters. The third-order valence-corrected chi connectivity index (χ3v) is 6.54. The van der Waals surface area contributed by atoms with Crippen molar-refractivity contribution in [2.75, 3.05) is 25.0 Å². The number of piperidine rings is 1. The standard InChI is InChI=1S/C29H35F3N4O3/c1-19-9-6-7-14-36(19)24-13-12-22(16-23(24)29(30,31)32)27-33-26(34-39-27)21-11-8-10-20(15-21)17-35(5)18-25(37)38-28(2,3)4/h8,10-13,15-16,19H,6-7,9,14,17-18H2,1-5H3. The average Bonchev–Trinajstić information content (AvgIpc) is 3.33. The molecule has 2 heterocycles. The number of alkyl halides is 3. The maximum absolute atomic E-state index is 14.1. The van der Waals surface area contributed by atoms with Gasteiger partial charge in [0.05, 0.1) is 12.1 Å². The molecule has 1 saturated heterocycles. The lowest BCUT2D eigenvalue weighted by molar-refractivity contribution is -0.155. The fraction of sp³-hybridized carbons (Fsp3) is 0.483. The van der Waals surface area contributed by atoms with Gasteiger partial charge >= 0.3 is 12.1 Å². The molecule has 4 rings (SSSR count). The molecule has 0 bridgehead atoms. The first kappa shape index (κ1) is 28.6. The van der Waals surface area contributed by atoms with E-state index in [0.717, 1.165) is 30.9 Å². The summed E-state index contributed by atoms with van der Waals surface area (Å²) in [4.78, 5) is 20.2. The zero-order chi connectivity index (χ0) is 28.4. The fourth-order valence-corrected chi connectivity index (χ4v) is 4.83. The van der Waals surface area contributed by atoms with E-state index in [2.05, 4.69) is 10.1 Å². The monoisotopic (exact) mass is 544 g/mol. The third-order valence-electron chi connectivity index (χ3n) is 6.54. The molecule has 1 aromatic heterocycles. The van der Waals surface area contributed by atoms with Gasteiger partial charge in [-0.15, -0.1) is 0 Å². The molecule has 0 aliphatic carbocycles. The van der Waals surface area contributed by atoms with Crippen molar-refractivity contribution in [3.8, 4) is 22.8 Å². The molecule has 210 valence electrons. The first-order chi connectivity index (χ1) is 18.3. The number of hydrogen-bond acceptors (Lipinski definition) is 7. The number of halogens is 3. The number of rotatable bonds is 7. The Labute approximate surface area is 226 Å². The van der Waals surface area contributed by atoms with Crippen LogP contribution in [0.3, 0.4) is 0 Å². The van der Waals surface area contributed by atoms with Crippen molar-refractivity contribution in [1.29, 1.82) is 0 Å². The van der Waals surface area contributed by atoms with Crippen LogP contribution in [0.4, 0.5) is 18.9 Å². The molecule has 7 nitrogen and oxygen atoms in total. The Morgan fingerprint density at radius 1 is 1.13 bits per heavy atom. The summed E-state index contributed by atoms with van der Waals surface area (Å²) in [5, 5.41) is 4.02. The van der Waals surface area contributed by atoms with E-state index in [4.69, 9.17) is 9.26 Å². The van der Waals surface area contributed by atoms with Gasteiger partial charge in [-0.05, 0) is 83.8 Å². The molecule has 0 spiro atoms. The lowest BCUT2D eigenvalue weighted by Gasteiger charge is -2.37. The van der Waals surface area contributed by atoms with Crippen molar-refractivity contribution in [2.45, 2.75) is 71.3 Å². The second-order valence-electron chi connectivity index (χ2n) is 11.2. The van der Waals surface area contributed by atoms with Crippen LogP contribution in [0.25, 0.3) is 22.8 Å². The van der Waals surface area contributed by atoms with Gasteiger partial charge in [0.2, 0.25) is 5.82 Å². The van der Waals surface area contributed by atoms with Gasteiger partial charge < -0.3 is 14.2 Å². The Morgan fingerprint density at radius 2 is 1.90 bits per heavy atom. The highest BCUT2D eigenvalue weighted by atomic mass is 19.4. The minimum atomic E-state index is -4.52. The van der Waals surface area contributed by atoms with Crippen LogP contribution in [-0.2, 0) is 22.3 Å². The Morgan fingerprint density at radius 3 is 2.59 bits per heavy atom. The van der Waals surface area contributed by atoms with E-state index >= 15 is 0 Å². The van der Waals surface area contributed by atoms with Crippen molar-refractivity contribution >= 4 is 11.7 Å². The quantitative estimate of drug-likeness (QED) is 0.311. The summed E-state index contributed by atoms with van der Waals surface area (Å²) >= 11 is 0. The summed E-state index contributed by atoms with van der Waals surface area (Å²) < 4.78 is 53.0. The van der Waals surface area contributed by atoms with Crippen molar-refractivity contribution in [3.63, 3.8) is 0 Å². The number of carbonyl (C=O) groups is 1. The molecule has 1 unspecified atom stereocenters. The fourth-order valence-electron chi connectivity index (χ4n) is 4.83. The van der Waals surface area contributed by atoms with Crippen LogP contribution in [-0.4, -0.2) is 52.8 Å². The highest BCUT2D eigenvalue weighted by Crippen LogP contribution is 2.41. The number of benzene rings is 2. The van der Waals surface area contributed by atoms with E-state index in [1.165, 1.54) is 6.07 Å². The van der Waals surface area contributed by atoms with Crippen LogP contribution in [0.5, 0.6) is 0 Å². The summed E-state index contributed by atoms with van der Waals surface area (Å²) in [6, 6.07) is 11.6. The van der Waals surface area contributed by atoms with Gasteiger partial charge in [0.1, 0.15) is 5.60 Å². The van der Waals surface area contributed by atoms with Gasteiger partial charge in [0.25, 0.3) is 5.89 Å². The maximum atomic E-state index is 14.1. The molecule has 2 aromatic carbocycles. The van der Waals surface area contributed by atoms with Crippen molar-refractivity contribution in [3.05, 3.63) is 53.6 Å². The number of hydrogen-bond donors (Lipinski definition) is 0. The van der Waals surface area contributed by atoms with Gasteiger partial charge in [-0.3, -0.25) is 9.69 Å². The van der Waals surface area contributed by atoms with Crippen molar-refractivity contribution in [1.82, 2.24) is 15.0 Å². The number of esters is 1. The topological polar surface area (TPSA) is 71.7 Å². The molecule has 3 aromatic rings. The summed E-state index contributed by atoms with van der Waals surface area (Å²) in [5.74, 6) is -0.0342. The first-order valence-electron chi connectivity index (χ1n) is 13.1. The van der Waals surface area contributed by atoms with Gasteiger partial charge in [-0.25, -0.2) is 0 Å². The number of nitrogens with zero attached hydrogens (tertiary/aromatic N) is 4. The lowest BCUT2D eigenvalue weighted by Crippen LogP contribution is -2.38. The summed E-state index contributed by atoms with van der Waals surface area (Å²) in [5.41, 5.74) is 0.696. The largest absolute Gasteiger partial charge is 0.459 e. The molecule has 0 N–H and O–H groups in total. The predicted molar refractivity (Wildman–Crippen MR) is 143 cm³/mol. The summed E-state index contributed by atoms with van der Waals surface area (Å²) in [6.45, 7) is 8.62. The Bertz CT molecular complexity index is 1300. The molecule has 0 amide bonds. The Balaban J connectivity index is 1.53. The first-order valence-corrected chi connectivity index (χ1v) is 13.1. The Kier molecular flexibility index (Phi) is 8.34. The van der Waals surface area contributed by atoms with E-state index in [-0.39, 0.29) is 41.5 Å². The number of anilines is 1. The molecular weight excluding hydrogens is 509 g/mol. The molecule has 1 fully saturated rings. The van der Waals surface area contributed by atoms with Gasteiger partial charge in [-0.2, -0.15) is 18.2 Å². The lowest BCUT2D eigenvalue weighted by atomic mass is 9.99. The van der Waals surface area contributed by atoms with Gasteiger partial charge in [-0.1, -0.05) is 23.4 Å². The van der Waals surface area contributed by atoms with Crippen LogP contribution in [0.2, 0.25) is 0 Å². The average molecular weight is 545 g/mol. The summed E-state index contributed by atoms with van der Waals surface area (Å²) in [7, 11) is 1.82. The second-order valence-corrected chi connectivity index (χ2v) is 11.2. The number of aromatic nitrogens is 2. The smallest absolute Gasteiger partial charge is 0.418 e. The minimum Gasteiger partial charge on any atom is -0.459 e. The SMILES string of the molecule is CC1CCCCN1c1ccc(-c2nc(-c3cccc(CN(C)CC(=O)OC(C)(C)C)c3)no2)cc1C(F)(F)F. The minimum absolute atomic E-state index is 0.0150. The molecule has 10 heteroatoms. The molecule has 0 radical (unpaired) electrons. The van der Waals surface area contributed by atoms with Crippen LogP contribution < -0.4 is 4.90 Å². The number of ether oxygens (including phenoxy) is 1. The van der Waals surface area contributed by atoms with E-state index < -0.39 is 17.3 Å². The van der Waals surface area contributed by atoms with E-state index in [1.807, 2.05) is 62.7 Å². The predicted octanol–water partition coefficient (Wildman–Crippen LogP) is 6.57. The van der Waals surface area contributed by atoms with Crippen molar-refractivity contribution in [2.24, 2.45) is 0 Å².